The Bertz CT molecular complexity index is 303. The largest absolute Gasteiger partial charge is 0.396 e. The van der Waals surface area contributed by atoms with Crippen LogP contribution >= 0.6 is 0 Å². The van der Waals surface area contributed by atoms with E-state index in [4.69, 9.17) is 5.11 Å². The third-order valence-electron chi connectivity index (χ3n) is 3.04. The van der Waals surface area contributed by atoms with E-state index in [1.54, 1.807) is 20.8 Å². The SMILES string of the molecule is CC(C)(C)C(=O)NCC(=O)NCC1(CO)CC1. The van der Waals surface area contributed by atoms with Crippen LogP contribution in [0.3, 0.4) is 0 Å². The maximum Gasteiger partial charge on any atom is 0.239 e. The van der Waals surface area contributed by atoms with Gasteiger partial charge >= 0.3 is 0 Å². The fourth-order valence-corrected chi connectivity index (χ4v) is 1.34. The van der Waals surface area contributed by atoms with Crippen molar-refractivity contribution in [2.24, 2.45) is 10.8 Å². The molecule has 0 bridgehead atoms. The first kappa shape index (κ1) is 14.0. The van der Waals surface area contributed by atoms with Gasteiger partial charge in [-0.3, -0.25) is 9.59 Å². The molecule has 0 heterocycles. The summed E-state index contributed by atoms with van der Waals surface area (Å²) >= 11 is 0. The van der Waals surface area contributed by atoms with Crippen molar-refractivity contribution >= 4 is 11.8 Å². The van der Waals surface area contributed by atoms with Gasteiger partial charge < -0.3 is 15.7 Å². The molecule has 0 aromatic carbocycles. The summed E-state index contributed by atoms with van der Waals surface area (Å²) in [6, 6.07) is 0. The third-order valence-corrected chi connectivity index (χ3v) is 3.04. The molecule has 5 heteroatoms. The minimum atomic E-state index is -0.483. The molecule has 0 unspecified atom stereocenters. The minimum absolute atomic E-state index is 0.00237. The number of nitrogens with one attached hydrogen (secondary N) is 2. The molecule has 1 saturated carbocycles. The summed E-state index contributed by atoms with van der Waals surface area (Å²) in [7, 11) is 0. The molecule has 0 atom stereocenters. The van der Waals surface area contributed by atoms with Crippen molar-refractivity contribution in [2.75, 3.05) is 19.7 Å². The van der Waals surface area contributed by atoms with Gasteiger partial charge in [-0.15, -0.1) is 0 Å². The van der Waals surface area contributed by atoms with Gasteiger partial charge in [-0.1, -0.05) is 20.8 Å². The van der Waals surface area contributed by atoms with Crippen LogP contribution in [0.5, 0.6) is 0 Å². The second-order valence-electron chi connectivity index (χ2n) is 5.87. The topological polar surface area (TPSA) is 78.4 Å². The molecule has 17 heavy (non-hydrogen) atoms. The number of amides is 2. The van der Waals surface area contributed by atoms with Gasteiger partial charge in [0, 0.05) is 17.4 Å². The van der Waals surface area contributed by atoms with Crippen molar-refractivity contribution in [3.05, 3.63) is 0 Å². The first-order valence-corrected chi connectivity index (χ1v) is 5.95. The molecule has 3 N–H and O–H groups in total. The van der Waals surface area contributed by atoms with Crippen LogP contribution in [0.4, 0.5) is 0 Å². The van der Waals surface area contributed by atoms with Gasteiger partial charge in [-0.05, 0) is 12.8 Å². The highest BCUT2D eigenvalue weighted by atomic mass is 16.3. The number of hydrogen-bond acceptors (Lipinski definition) is 3. The first-order valence-electron chi connectivity index (χ1n) is 5.95. The zero-order chi connectivity index (χ0) is 13.1. The lowest BCUT2D eigenvalue weighted by Gasteiger charge is -2.18. The first-order chi connectivity index (χ1) is 7.79. The van der Waals surface area contributed by atoms with Crippen molar-refractivity contribution in [1.29, 1.82) is 0 Å². The molecule has 1 fully saturated rings. The monoisotopic (exact) mass is 242 g/mol. The van der Waals surface area contributed by atoms with Crippen molar-refractivity contribution in [3.63, 3.8) is 0 Å². The Labute approximate surface area is 102 Å². The van der Waals surface area contributed by atoms with Gasteiger partial charge in [0.05, 0.1) is 13.2 Å². The fourth-order valence-electron chi connectivity index (χ4n) is 1.34. The Balaban J connectivity index is 2.20. The predicted molar refractivity (Wildman–Crippen MR) is 64.2 cm³/mol. The summed E-state index contributed by atoms with van der Waals surface area (Å²) in [5, 5.41) is 14.4. The summed E-state index contributed by atoms with van der Waals surface area (Å²) < 4.78 is 0. The zero-order valence-corrected chi connectivity index (χ0v) is 10.8. The van der Waals surface area contributed by atoms with Gasteiger partial charge in [0.25, 0.3) is 0 Å². The molecule has 5 nitrogen and oxygen atoms in total. The van der Waals surface area contributed by atoms with Crippen LogP contribution in [-0.4, -0.2) is 36.6 Å². The van der Waals surface area contributed by atoms with E-state index in [0.29, 0.717) is 6.54 Å². The molecular weight excluding hydrogens is 220 g/mol. The quantitative estimate of drug-likeness (QED) is 0.637. The highest BCUT2D eigenvalue weighted by Crippen LogP contribution is 2.44. The number of rotatable bonds is 5. The lowest BCUT2D eigenvalue weighted by atomic mass is 9.96. The van der Waals surface area contributed by atoms with E-state index in [0.717, 1.165) is 12.8 Å². The molecule has 0 spiro atoms. The van der Waals surface area contributed by atoms with Crippen molar-refractivity contribution < 1.29 is 14.7 Å². The number of carbonyl (C=O) groups is 2. The minimum Gasteiger partial charge on any atom is -0.396 e. The molecule has 2 amide bonds. The van der Waals surface area contributed by atoms with Crippen molar-refractivity contribution in [1.82, 2.24) is 10.6 Å². The molecule has 0 radical (unpaired) electrons. The maximum atomic E-state index is 11.5. The summed E-state index contributed by atoms with van der Waals surface area (Å²) in [5.41, 5.74) is -0.577. The van der Waals surface area contributed by atoms with E-state index < -0.39 is 5.41 Å². The average molecular weight is 242 g/mol. The normalized spacial score (nSPS) is 17.4. The van der Waals surface area contributed by atoms with E-state index in [9.17, 15) is 9.59 Å². The van der Waals surface area contributed by atoms with Crippen LogP contribution in [0.15, 0.2) is 0 Å². The molecule has 1 aliphatic rings. The molecule has 0 saturated heterocycles. The number of aliphatic hydroxyl groups is 1. The summed E-state index contributed by atoms with van der Waals surface area (Å²) in [5.74, 6) is -0.349. The van der Waals surface area contributed by atoms with Crippen LogP contribution in [0, 0.1) is 10.8 Å². The Hall–Kier alpha value is -1.10. The van der Waals surface area contributed by atoms with Gasteiger partial charge in [-0.25, -0.2) is 0 Å². The molecule has 0 aliphatic heterocycles. The summed E-state index contributed by atoms with van der Waals surface area (Å²) in [6.07, 6.45) is 1.91. The van der Waals surface area contributed by atoms with E-state index in [2.05, 4.69) is 10.6 Å². The Kier molecular flexibility index (Phi) is 4.14. The molecule has 1 aliphatic carbocycles. The molecular formula is C12H22N2O3. The van der Waals surface area contributed by atoms with Crippen molar-refractivity contribution in [2.45, 2.75) is 33.6 Å². The second-order valence-corrected chi connectivity index (χ2v) is 5.87. The average Bonchev–Trinajstić information content (AvgIpc) is 3.02. The third kappa shape index (κ3) is 4.34. The Morgan fingerprint density at radius 1 is 1.24 bits per heavy atom. The van der Waals surface area contributed by atoms with Crippen molar-refractivity contribution in [3.8, 4) is 0 Å². The summed E-state index contributed by atoms with van der Waals surface area (Å²) in [6.45, 7) is 5.99. The Morgan fingerprint density at radius 2 is 1.82 bits per heavy atom. The lowest BCUT2D eigenvalue weighted by molar-refractivity contribution is -0.131. The van der Waals surface area contributed by atoms with Crippen LogP contribution in [-0.2, 0) is 9.59 Å². The number of carbonyl (C=O) groups excluding carboxylic acids is 2. The molecule has 98 valence electrons. The zero-order valence-electron chi connectivity index (χ0n) is 10.8. The van der Waals surface area contributed by atoms with Gasteiger partial charge in [0.1, 0.15) is 0 Å². The second kappa shape index (κ2) is 5.04. The molecule has 0 aromatic heterocycles. The molecule has 1 rings (SSSR count). The fraction of sp³-hybridized carbons (Fsp3) is 0.833. The van der Waals surface area contributed by atoms with Crippen LogP contribution in [0.1, 0.15) is 33.6 Å². The lowest BCUT2D eigenvalue weighted by Crippen LogP contribution is -2.43. The predicted octanol–water partition coefficient (Wildman–Crippen LogP) is 0.0374. The molecule has 0 aromatic rings. The highest BCUT2D eigenvalue weighted by Gasteiger charge is 2.42. The van der Waals surface area contributed by atoms with Gasteiger partial charge in [-0.2, -0.15) is 0 Å². The van der Waals surface area contributed by atoms with Crippen LogP contribution in [0.2, 0.25) is 0 Å². The number of hydrogen-bond donors (Lipinski definition) is 3. The van der Waals surface area contributed by atoms with E-state index in [-0.39, 0.29) is 30.4 Å². The van der Waals surface area contributed by atoms with Gasteiger partial charge in [0.15, 0.2) is 0 Å². The Morgan fingerprint density at radius 3 is 2.24 bits per heavy atom. The maximum absolute atomic E-state index is 11.5. The smallest absolute Gasteiger partial charge is 0.239 e. The number of aliphatic hydroxyl groups excluding tert-OH is 1. The van der Waals surface area contributed by atoms with Crippen LogP contribution in [0.25, 0.3) is 0 Å². The standard InChI is InChI=1S/C12H22N2O3/c1-11(2,3)10(17)13-6-9(16)14-7-12(8-15)4-5-12/h15H,4-8H2,1-3H3,(H,13,17)(H,14,16). The van der Waals surface area contributed by atoms with E-state index in [1.807, 2.05) is 0 Å². The van der Waals surface area contributed by atoms with Crippen LogP contribution < -0.4 is 10.6 Å². The van der Waals surface area contributed by atoms with E-state index in [1.165, 1.54) is 0 Å². The summed E-state index contributed by atoms with van der Waals surface area (Å²) in [4.78, 5) is 23.0. The van der Waals surface area contributed by atoms with E-state index >= 15 is 0 Å². The van der Waals surface area contributed by atoms with Gasteiger partial charge in [0.2, 0.25) is 11.8 Å². The highest BCUT2D eigenvalue weighted by molar-refractivity contribution is 5.87.